The lowest BCUT2D eigenvalue weighted by molar-refractivity contribution is -0.0635. The summed E-state index contributed by atoms with van der Waals surface area (Å²) in [6, 6.07) is 12.4. The zero-order chi connectivity index (χ0) is 42.5. The number of nitrogens with zero attached hydrogens (tertiary/aromatic N) is 5. The first-order valence-electron chi connectivity index (χ1n) is 18.0. The third kappa shape index (κ3) is 8.60. The van der Waals surface area contributed by atoms with Crippen molar-refractivity contribution in [2.45, 2.75) is 68.8 Å². The normalized spacial score (nSPS) is 30.9. The summed E-state index contributed by atoms with van der Waals surface area (Å²) in [4.78, 5) is 62.4. The van der Waals surface area contributed by atoms with E-state index < -0.39 is 94.3 Å². The van der Waals surface area contributed by atoms with Crippen LogP contribution < -0.4 is 21.7 Å². The molecule has 0 aliphatic carbocycles. The zero-order valence-electron chi connectivity index (χ0n) is 31.3. The number of aromatic nitrogens is 6. The summed E-state index contributed by atoms with van der Waals surface area (Å²) in [5, 5.41) is 0. The number of nitrogens with two attached hydrogens (primary N) is 1. The standard InChI is InChI=1S/C35H35F2N7O13P2S/c1-17-3-8-21(18(2)11-17)34(46)53-20-6-4-19(5-7-20)14-60-59(50)52-13-23-28(26(37)32(55-23)44-16-41-27-30(38)39-15-40-31(27)44)56-58(48,49)51-12-22-25(36)29(57-59)33(54-22)43-10-9-24(45)42-35(43)47/h3-11,15-16,22-23,25-26,28-29,32-33H,12-14H2,1-2H3,(H,48,49)(H2,38,39,40)(H,42,45,47)/t22-,23-,25-,26-,28-,29-,32-,33-,59-/m1/s1. The number of phosphoric ester groups is 1. The molecule has 0 radical (unpaired) electrons. The van der Waals surface area contributed by atoms with Crippen LogP contribution in [0.3, 0.4) is 0 Å². The molecule has 0 saturated carbocycles. The molecule has 0 spiro atoms. The lowest BCUT2D eigenvalue weighted by atomic mass is 10.1. The van der Waals surface area contributed by atoms with Crippen molar-refractivity contribution in [2.75, 3.05) is 18.9 Å². The van der Waals surface area contributed by atoms with Crippen LogP contribution in [0.15, 0.2) is 77.0 Å². The van der Waals surface area contributed by atoms with Gasteiger partial charge in [0.25, 0.3) is 5.56 Å². The van der Waals surface area contributed by atoms with E-state index >= 15 is 8.78 Å². The van der Waals surface area contributed by atoms with Gasteiger partial charge in [0, 0.05) is 18.0 Å². The highest BCUT2D eigenvalue weighted by Crippen LogP contribution is 2.65. The molecule has 1 unspecified atom stereocenters. The number of ether oxygens (including phenoxy) is 3. The fourth-order valence-electron chi connectivity index (χ4n) is 6.80. The molecule has 60 heavy (non-hydrogen) atoms. The van der Waals surface area contributed by atoms with Crippen molar-refractivity contribution in [1.29, 1.82) is 0 Å². The van der Waals surface area contributed by atoms with Crippen LogP contribution in [0.25, 0.3) is 11.2 Å². The van der Waals surface area contributed by atoms with Gasteiger partial charge in [-0.05, 0) is 54.6 Å². The Labute approximate surface area is 341 Å². The second kappa shape index (κ2) is 16.7. The van der Waals surface area contributed by atoms with Gasteiger partial charge in [0.15, 0.2) is 36.3 Å². The van der Waals surface area contributed by atoms with Crippen LogP contribution in [0.4, 0.5) is 14.6 Å². The van der Waals surface area contributed by atoms with Crippen molar-refractivity contribution in [3.8, 4) is 5.75 Å². The molecule has 3 fully saturated rings. The number of aryl methyl sites for hydroxylation is 2. The van der Waals surface area contributed by atoms with E-state index in [1.807, 2.05) is 18.0 Å². The molecule has 3 aliphatic heterocycles. The fourth-order valence-corrected chi connectivity index (χ4v) is 11.1. The maximum Gasteiger partial charge on any atom is 0.472 e. The molecule has 6 heterocycles. The van der Waals surface area contributed by atoms with Gasteiger partial charge >= 0.3 is 26.3 Å². The number of nitrogens with one attached hydrogen (secondary N) is 1. The first-order chi connectivity index (χ1) is 28.6. The molecule has 5 aromatic rings. The molecule has 2 aromatic carbocycles. The Morgan fingerprint density at radius 1 is 0.950 bits per heavy atom. The molecule has 3 saturated heterocycles. The zero-order valence-corrected chi connectivity index (χ0v) is 33.9. The summed E-state index contributed by atoms with van der Waals surface area (Å²) in [5.74, 6) is -0.510. The van der Waals surface area contributed by atoms with E-state index in [1.54, 1.807) is 31.2 Å². The number of anilines is 1. The van der Waals surface area contributed by atoms with Crippen molar-refractivity contribution in [1.82, 2.24) is 29.1 Å². The van der Waals surface area contributed by atoms with Crippen molar-refractivity contribution in [3.05, 3.63) is 110 Å². The van der Waals surface area contributed by atoms with Gasteiger partial charge in [0.2, 0.25) is 0 Å². The van der Waals surface area contributed by atoms with Crippen molar-refractivity contribution in [2.24, 2.45) is 0 Å². The van der Waals surface area contributed by atoms with Gasteiger partial charge < -0.3 is 24.8 Å². The van der Waals surface area contributed by atoms with Crippen LogP contribution in [0.1, 0.15) is 39.5 Å². The number of carbonyl (C=O) groups is 1. The van der Waals surface area contributed by atoms with Crippen LogP contribution in [-0.4, -0.2) is 89.9 Å². The van der Waals surface area contributed by atoms with Crippen LogP contribution in [0, 0.1) is 13.8 Å². The highest BCUT2D eigenvalue weighted by atomic mass is 32.7. The monoisotopic (exact) mass is 893 g/mol. The molecule has 8 rings (SSSR count). The lowest BCUT2D eigenvalue weighted by Gasteiger charge is -2.27. The Bertz CT molecular complexity index is 2650. The number of aromatic amines is 1. The summed E-state index contributed by atoms with van der Waals surface area (Å²) in [6.07, 6.45) is -11.8. The van der Waals surface area contributed by atoms with Gasteiger partial charge in [0.05, 0.1) is 25.1 Å². The van der Waals surface area contributed by atoms with E-state index in [0.29, 0.717) is 22.5 Å². The van der Waals surface area contributed by atoms with Gasteiger partial charge in [-0.2, -0.15) is 0 Å². The predicted molar refractivity (Wildman–Crippen MR) is 206 cm³/mol. The topological polar surface area (TPSA) is 261 Å². The SMILES string of the molecule is Cc1ccc(C(=O)Oc2ccc(CS[P@]3(=O)OC[C@H]4O[C@@H](n5cnc6c(N)ncnc65)[C@H](F)[C@@H]4OP(=O)(O)OC[C@H]4O[C@@H](n5ccc(=O)[nH]c5=O)[C@H](O3)[C@@H]4F)cc2)c(C)c1. The maximum absolute atomic E-state index is 16.4. The van der Waals surface area contributed by atoms with Gasteiger partial charge in [-0.3, -0.25) is 37.0 Å². The highest BCUT2D eigenvalue weighted by molar-refractivity contribution is 8.54. The van der Waals surface area contributed by atoms with Gasteiger partial charge in [-0.25, -0.2) is 42.5 Å². The minimum atomic E-state index is -5.26. The first kappa shape index (κ1) is 42.0. The Morgan fingerprint density at radius 3 is 2.45 bits per heavy atom. The Balaban J connectivity index is 1.09. The molecule has 3 aromatic heterocycles. The van der Waals surface area contributed by atoms with E-state index in [-0.39, 0.29) is 28.5 Å². The van der Waals surface area contributed by atoms with Gasteiger partial charge in [0.1, 0.15) is 42.0 Å². The van der Waals surface area contributed by atoms with Crippen molar-refractivity contribution in [3.63, 3.8) is 0 Å². The van der Waals surface area contributed by atoms with Gasteiger partial charge in [-0.1, -0.05) is 29.8 Å². The minimum Gasteiger partial charge on any atom is -0.423 e. The first-order valence-corrected chi connectivity index (χ1v) is 22.7. The largest absolute Gasteiger partial charge is 0.472 e. The second-order valence-corrected chi connectivity index (χ2v) is 19.3. The number of hydrogen-bond acceptors (Lipinski definition) is 17. The Hall–Kier alpha value is -4.67. The third-order valence-electron chi connectivity index (χ3n) is 9.75. The van der Waals surface area contributed by atoms with E-state index in [0.717, 1.165) is 45.2 Å². The molecule has 25 heteroatoms. The number of esters is 1. The van der Waals surface area contributed by atoms with E-state index in [1.165, 1.54) is 12.1 Å². The summed E-state index contributed by atoms with van der Waals surface area (Å²) in [7, 11) is -5.26. The smallest absolute Gasteiger partial charge is 0.423 e. The summed E-state index contributed by atoms with van der Waals surface area (Å²) < 4.78 is 102. The number of imidazole rings is 1. The number of fused-ring (bicyclic) bond motifs is 4. The molecule has 318 valence electrons. The average molecular weight is 894 g/mol. The second-order valence-electron chi connectivity index (χ2n) is 13.9. The van der Waals surface area contributed by atoms with Crippen LogP contribution in [0.2, 0.25) is 0 Å². The summed E-state index contributed by atoms with van der Waals surface area (Å²) in [5.41, 5.74) is 6.83. The summed E-state index contributed by atoms with van der Waals surface area (Å²) in [6.45, 7) is -2.83. The van der Waals surface area contributed by atoms with Crippen molar-refractivity contribution >= 4 is 49.0 Å². The average Bonchev–Trinajstić information content (AvgIpc) is 3.86. The number of H-pyrrole nitrogens is 1. The van der Waals surface area contributed by atoms with Crippen LogP contribution in [-0.2, 0) is 42.5 Å². The van der Waals surface area contributed by atoms with E-state index in [4.69, 9.17) is 38.0 Å². The number of phosphoric acid groups is 1. The molecule has 0 amide bonds. The molecule has 20 nitrogen and oxygen atoms in total. The van der Waals surface area contributed by atoms with Crippen LogP contribution >= 0.6 is 26.0 Å². The minimum absolute atomic E-state index is 0.0175. The third-order valence-corrected chi connectivity index (χ3v) is 14.4. The quantitative estimate of drug-likeness (QED) is 0.117. The van der Waals surface area contributed by atoms with Crippen LogP contribution in [0.5, 0.6) is 5.75 Å². The highest BCUT2D eigenvalue weighted by Gasteiger charge is 2.55. The number of nitrogen functional groups attached to an aromatic ring is 1. The van der Waals surface area contributed by atoms with E-state index in [2.05, 4.69) is 15.0 Å². The molecule has 4 N–H and O–H groups in total. The number of halogens is 2. The molecule has 10 atom stereocenters. The Morgan fingerprint density at radius 2 is 1.70 bits per heavy atom. The predicted octanol–water partition coefficient (Wildman–Crippen LogP) is 4.22. The number of alkyl halides is 2. The molecular weight excluding hydrogens is 858 g/mol. The van der Waals surface area contributed by atoms with E-state index in [9.17, 15) is 28.4 Å². The Kier molecular flexibility index (Phi) is 11.7. The summed E-state index contributed by atoms with van der Waals surface area (Å²) >= 11 is 0.573. The number of carbonyl (C=O) groups excluding carboxylic acids is 1. The number of rotatable bonds is 7. The molecule has 2 bridgehead atoms. The number of hydrogen-bond donors (Lipinski definition) is 3. The number of benzene rings is 2. The molecular formula is C35H35F2N7O13P2S. The van der Waals surface area contributed by atoms with Gasteiger partial charge in [-0.15, -0.1) is 0 Å². The fraction of sp³-hybridized carbons (Fsp3) is 0.371. The maximum atomic E-state index is 16.4. The molecule has 3 aliphatic rings. The van der Waals surface area contributed by atoms with Crippen molar-refractivity contribution < 1.29 is 59.9 Å². The lowest BCUT2D eigenvalue weighted by Crippen LogP contribution is -2.37.